The fourth-order valence-corrected chi connectivity index (χ4v) is 4.81. The van der Waals surface area contributed by atoms with Gasteiger partial charge in [0, 0.05) is 18.2 Å². The quantitative estimate of drug-likeness (QED) is 0.405. The highest BCUT2D eigenvalue weighted by Crippen LogP contribution is 2.35. The first-order valence-electron chi connectivity index (χ1n) is 10.2. The molecule has 1 heterocycles. The SMILES string of the molecule is COc1ccc(CNC(=O)c2ccc3c(c2)C(=O)/C(=C\c2ccc(F)c(Cl)c2)[S+]([O-])N3C)cc1. The zero-order chi connectivity index (χ0) is 24.4. The van der Waals surface area contributed by atoms with Crippen LogP contribution in [-0.4, -0.2) is 30.4 Å². The lowest BCUT2D eigenvalue weighted by Gasteiger charge is -2.29. The van der Waals surface area contributed by atoms with Crippen LogP contribution in [0.5, 0.6) is 5.75 Å². The number of methoxy groups -OCH3 is 1. The molecule has 0 aromatic heterocycles. The maximum Gasteiger partial charge on any atom is 0.251 e. The molecule has 4 rings (SSSR count). The van der Waals surface area contributed by atoms with Gasteiger partial charge in [0.05, 0.1) is 30.4 Å². The van der Waals surface area contributed by atoms with Gasteiger partial charge < -0.3 is 14.6 Å². The van der Waals surface area contributed by atoms with Gasteiger partial charge in [-0.3, -0.25) is 9.59 Å². The second-order valence-corrected chi connectivity index (χ2v) is 9.41. The van der Waals surface area contributed by atoms with Gasteiger partial charge in [-0.1, -0.05) is 29.8 Å². The minimum absolute atomic E-state index is 0.00784. The molecule has 0 saturated heterocycles. The molecule has 3 aromatic rings. The Morgan fingerprint density at radius 1 is 1.18 bits per heavy atom. The van der Waals surface area contributed by atoms with Crippen molar-refractivity contribution in [1.82, 2.24) is 5.32 Å². The average Bonchev–Trinajstić information content (AvgIpc) is 2.85. The molecule has 6 nitrogen and oxygen atoms in total. The molecule has 0 saturated carbocycles. The van der Waals surface area contributed by atoms with Gasteiger partial charge in [0.1, 0.15) is 22.9 Å². The number of fused-ring (bicyclic) bond motifs is 1. The molecule has 34 heavy (non-hydrogen) atoms. The fourth-order valence-electron chi connectivity index (χ4n) is 3.48. The summed E-state index contributed by atoms with van der Waals surface area (Å²) in [5.41, 5.74) is 2.32. The van der Waals surface area contributed by atoms with Crippen molar-refractivity contribution in [3.63, 3.8) is 0 Å². The van der Waals surface area contributed by atoms with Crippen LogP contribution in [0.25, 0.3) is 6.08 Å². The van der Waals surface area contributed by atoms with Crippen LogP contribution in [0, 0.1) is 5.82 Å². The van der Waals surface area contributed by atoms with Crippen molar-refractivity contribution in [2.75, 3.05) is 18.5 Å². The van der Waals surface area contributed by atoms with Crippen molar-refractivity contribution in [3.05, 3.63) is 98.7 Å². The zero-order valence-electron chi connectivity index (χ0n) is 18.3. The van der Waals surface area contributed by atoms with Gasteiger partial charge >= 0.3 is 0 Å². The van der Waals surface area contributed by atoms with Crippen LogP contribution in [0.2, 0.25) is 5.02 Å². The molecule has 1 amide bonds. The minimum atomic E-state index is -1.78. The van der Waals surface area contributed by atoms with E-state index in [-0.39, 0.29) is 21.4 Å². The molecule has 0 bridgehead atoms. The number of Topliss-reactive ketones (excluding diaryl/α,β-unsaturated/α-hetero) is 1. The number of nitrogens with one attached hydrogen (secondary N) is 1. The zero-order valence-corrected chi connectivity index (χ0v) is 19.9. The van der Waals surface area contributed by atoms with Crippen LogP contribution in [-0.2, 0) is 17.9 Å². The molecule has 9 heteroatoms. The number of benzene rings is 3. The van der Waals surface area contributed by atoms with E-state index >= 15 is 0 Å². The summed E-state index contributed by atoms with van der Waals surface area (Å²) in [7, 11) is 3.17. The number of rotatable bonds is 5. The summed E-state index contributed by atoms with van der Waals surface area (Å²) in [6, 6.07) is 15.9. The van der Waals surface area contributed by atoms with E-state index < -0.39 is 23.0 Å². The minimum Gasteiger partial charge on any atom is -0.588 e. The number of anilines is 1. The maximum absolute atomic E-state index is 13.5. The topological polar surface area (TPSA) is 81.7 Å². The summed E-state index contributed by atoms with van der Waals surface area (Å²) < 4.78 is 33.0. The summed E-state index contributed by atoms with van der Waals surface area (Å²) in [6.45, 7) is 0.300. The third-order valence-corrected chi connectivity index (χ3v) is 7.02. The number of ketones is 1. The second kappa shape index (κ2) is 9.89. The molecule has 0 spiro atoms. The number of hydrogen-bond donors (Lipinski definition) is 1. The normalized spacial score (nSPS) is 16.4. The van der Waals surface area contributed by atoms with E-state index in [1.54, 1.807) is 38.4 Å². The van der Waals surface area contributed by atoms with E-state index in [0.29, 0.717) is 23.4 Å². The lowest BCUT2D eigenvalue weighted by atomic mass is 10.0. The van der Waals surface area contributed by atoms with Gasteiger partial charge in [0.15, 0.2) is 0 Å². The van der Waals surface area contributed by atoms with Gasteiger partial charge in [-0.25, -0.2) is 4.39 Å². The van der Waals surface area contributed by atoms with Gasteiger partial charge in [-0.05, 0) is 53.6 Å². The number of hydrogen-bond acceptors (Lipinski definition) is 5. The molecule has 1 atom stereocenters. The number of nitrogens with zero attached hydrogens (tertiary/aromatic N) is 1. The number of carbonyl (C=O) groups excluding carboxylic acids is 2. The molecular weight excluding hydrogens is 479 g/mol. The predicted molar refractivity (Wildman–Crippen MR) is 131 cm³/mol. The van der Waals surface area contributed by atoms with E-state index in [1.165, 1.54) is 34.6 Å². The monoisotopic (exact) mass is 498 g/mol. The van der Waals surface area contributed by atoms with Crippen LogP contribution in [0.3, 0.4) is 0 Å². The predicted octanol–water partition coefficient (Wildman–Crippen LogP) is 4.76. The van der Waals surface area contributed by atoms with Crippen LogP contribution < -0.4 is 14.4 Å². The highest BCUT2D eigenvalue weighted by atomic mass is 35.5. The van der Waals surface area contributed by atoms with Gasteiger partial charge in [-0.15, -0.1) is 0 Å². The molecule has 174 valence electrons. The molecule has 0 fully saturated rings. The van der Waals surface area contributed by atoms with E-state index in [4.69, 9.17) is 16.3 Å². The van der Waals surface area contributed by atoms with Crippen molar-refractivity contribution in [2.24, 2.45) is 0 Å². The Morgan fingerprint density at radius 2 is 1.91 bits per heavy atom. The summed E-state index contributed by atoms with van der Waals surface area (Å²) in [5, 5.41) is 2.72. The first kappa shape index (κ1) is 23.8. The molecule has 0 aliphatic carbocycles. The Bertz CT molecular complexity index is 1300. The third kappa shape index (κ3) is 4.79. The Labute approximate surface area is 204 Å². The molecular formula is C25H20ClFN2O4S. The Balaban J connectivity index is 1.58. The van der Waals surface area contributed by atoms with Crippen LogP contribution in [0.4, 0.5) is 10.1 Å². The highest BCUT2D eigenvalue weighted by molar-refractivity contribution is 7.97. The van der Waals surface area contributed by atoms with Crippen LogP contribution in [0.15, 0.2) is 65.6 Å². The van der Waals surface area contributed by atoms with Crippen molar-refractivity contribution < 1.29 is 23.3 Å². The first-order valence-corrected chi connectivity index (χ1v) is 11.7. The molecule has 1 N–H and O–H groups in total. The van der Waals surface area contributed by atoms with Crippen LogP contribution >= 0.6 is 11.6 Å². The largest absolute Gasteiger partial charge is 0.588 e. The number of carbonyl (C=O) groups is 2. The van der Waals surface area contributed by atoms with Crippen LogP contribution in [0.1, 0.15) is 31.8 Å². The Morgan fingerprint density at radius 3 is 2.59 bits per heavy atom. The number of halogens is 2. The van der Waals surface area contributed by atoms with E-state index in [9.17, 15) is 18.5 Å². The Hall–Kier alpha value is -3.33. The molecule has 1 aliphatic heterocycles. The van der Waals surface area contributed by atoms with Crippen molar-refractivity contribution in [3.8, 4) is 5.75 Å². The van der Waals surface area contributed by atoms with Gasteiger partial charge in [0.2, 0.25) is 10.7 Å². The van der Waals surface area contributed by atoms with Crippen molar-refractivity contribution in [2.45, 2.75) is 6.54 Å². The number of allylic oxidation sites excluding steroid dienone is 1. The van der Waals surface area contributed by atoms with Crippen molar-refractivity contribution >= 4 is 46.4 Å². The van der Waals surface area contributed by atoms with Gasteiger partial charge in [-0.2, -0.15) is 4.31 Å². The third-order valence-electron chi connectivity index (χ3n) is 5.36. The maximum atomic E-state index is 13.5. The summed E-state index contributed by atoms with van der Waals surface area (Å²) in [4.78, 5) is 25.9. The fraction of sp³-hybridized carbons (Fsp3) is 0.120. The average molecular weight is 499 g/mol. The van der Waals surface area contributed by atoms with E-state index in [2.05, 4.69) is 5.32 Å². The van der Waals surface area contributed by atoms with Gasteiger partial charge in [0.25, 0.3) is 5.91 Å². The Kier molecular flexibility index (Phi) is 6.92. The lowest BCUT2D eigenvalue weighted by Crippen LogP contribution is -2.36. The standard InChI is InChI=1S/C25H20ClFN2O4S/c1-29-22-10-6-17(25(31)28-14-15-3-7-18(33-2)8-4-15)13-19(22)24(30)23(34(29)32)12-16-5-9-21(27)20(26)11-16/h3-13H,14H2,1-2H3,(H,28,31)/b23-12+. The summed E-state index contributed by atoms with van der Waals surface area (Å²) in [6.07, 6.45) is 1.42. The van der Waals surface area contributed by atoms with Crippen molar-refractivity contribution in [1.29, 1.82) is 0 Å². The van der Waals surface area contributed by atoms with E-state index in [1.807, 2.05) is 12.1 Å². The highest BCUT2D eigenvalue weighted by Gasteiger charge is 2.38. The molecule has 1 aliphatic rings. The molecule has 3 aromatic carbocycles. The molecule has 1 unspecified atom stereocenters. The van der Waals surface area contributed by atoms with E-state index in [0.717, 1.165) is 11.3 Å². The molecule has 0 radical (unpaired) electrons. The summed E-state index contributed by atoms with van der Waals surface area (Å²) >= 11 is 4.05. The lowest BCUT2D eigenvalue weighted by molar-refractivity contribution is 0.0951. The summed E-state index contributed by atoms with van der Waals surface area (Å²) in [5.74, 6) is -0.697. The first-order chi connectivity index (χ1) is 16.3. The number of ether oxygens (including phenoxy) is 1. The number of amides is 1. The smallest absolute Gasteiger partial charge is 0.251 e. The second-order valence-electron chi connectivity index (χ2n) is 7.52.